The van der Waals surface area contributed by atoms with Crippen LogP contribution in [0.3, 0.4) is 0 Å². The van der Waals surface area contributed by atoms with Crippen LogP contribution in [0.15, 0.2) is 35.2 Å². The number of rotatable bonds is 2. The molecule has 5 nitrogen and oxygen atoms in total. The molecule has 0 amide bonds. The molecule has 0 unspecified atom stereocenters. The van der Waals surface area contributed by atoms with Crippen molar-refractivity contribution >= 4 is 39.7 Å². The third-order valence-corrected chi connectivity index (χ3v) is 5.62. The fourth-order valence-electron chi connectivity index (χ4n) is 1.87. The molecule has 0 bridgehead atoms. The van der Waals surface area contributed by atoms with Crippen LogP contribution in [-0.2, 0) is 16.6 Å². The number of aromatic nitrogens is 2. The summed E-state index contributed by atoms with van der Waals surface area (Å²) in [6.45, 7) is 0.952. The van der Waals surface area contributed by atoms with E-state index in [4.69, 9.17) is 12.2 Å². The van der Waals surface area contributed by atoms with E-state index in [0.717, 1.165) is 11.5 Å². The molecular formula is C10H9N3O2S3. The molecule has 0 fully saturated rings. The van der Waals surface area contributed by atoms with E-state index in [1.54, 1.807) is 34.9 Å². The van der Waals surface area contributed by atoms with Crippen LogP contribution in [0.25, 0.3) is 0 Å². The molecule has 0 saturated carbocycles. The first-order valence-electron chi connectivity index (χ1n) is 5.25. The maximum atomic E-state index is 12.4. The van der Waals surface area contributed by atoms with Crippen LogP contribution in [0.1, 0.15) is 0 Å². The van der Waals surface area contributed by atoms with Crippen molar-refractivity contribution in [2.45, 2.75) is 11.4 Å². The molecular weight excluding hydrogens is 290 g/mol. The average Bonchev–Trinajstić information content (AvgIpc) is 2.94. The van der Waals surface area contributed by atoms with Gasteiger partial charge in [-0.15, -0.1) is 0 Å². The van der Waals surface area contributed by atoms with Gasteiger partial charge in [0.1, 0.15) is 0 Å². The quantitative estimate of drug-likeness (QED) is 0.795. The van der Waals surface area contributed by atoms with Gasteiger partial charge >= 0.3 is 0 Å². The van der Waals surface area contributed by atoms with Gasteiger partial charge in [0, 0.05) is 6.54 Å². The minimum atomic E-state index is -3.53. The normalized spacial score (nSPS) is 14.8. The fourth-order valence-corrected chi connectivity index (χ4v) is 4.27. The number of benzene rings is 1. The topological polar surface area (TPSA) is 55.2 Å². The lowest BCUT2D eigenvalue weighted by atomic mass is 10.4. The summed E-state index contributed by atoms with van der Waals surface area (Å²) in [6.07, 6.45) is 0. The fraction of sp³-hybridized carbons (Fsp3) is 0.200. The molecule has 1 aliphatic rings. The predicted molar refractivity (Wildman–Crippen MR) is 71.9 cm³/mol. The number of hydrogen-bond acceptors (Lipinski definition) is 5. The summed E-state index contributed by atoms with van der Waals surface area (Å²) >= 11 is 6.25. The molecule has 0 saturated heterocycles. The molecule has 0 N–H and O–H groups in total. The zero-order chi connectivity index (χ0) is 12.8. The Morgan fingerprint density at radius 1 is 1.22 bits per heavy atom. The lowest BCUT2D eigenvalue weighted by molar-refractivity contribution is 0.592. The standard InChI is InChI=1S/C10H9N3O2S3/c14-18(15,8-4-2-1-3-5-8)13-7-6-12-9(13)11-17-10(12)16/h1-5H,6-7H2. The van der Waals surface area contributed by atoms with Crippen LogP contribution in [0, 0.1) is 3.95 Å². The first-order valence-corrected chi connectivity index (χ1v) is 7.87. The minimum absolute atomic E-state index is 0.275. The summed E-state index contributed by atoms with van der Waals surface area (Å²) < 4.78 is 32.7. The summed E-state index contributed by atoms with van der Waals surface area (Å²) in [5.41, 5.74) is 0. The average molecular weight is 299 g/mol. The highest BCUT2D eigenvalue weighted by atomic mass is 32.2. The van der Waals surface area contributed by atoms with Crippen molar-refractivity contribution in [3.05, 3.63) is 34.3 Å². The van der Waals surface area contributed by atoms with E-state index in [-0.39, 0.29) is 4.90 Å². The van der Waals surface area contributed by atoms with Gasteiger partial charge in [-0.2, -0.15) is 4.37 Å². The van der Waals surface area contributed by atoms with Gasteiger partial charge in [0.25, 0.3) is 10.0 Å². The lowest BCUT2D eigenvalue weighted by Crippen LogP contribution is -2.29. The number of hydrogen-bond donors (Lipinski definition) is 0. The Morgan fingerprint density at radius 2 is 1.94 bits per heavy atom. The second-order valence-electron chi connectivity index (χ2n) is 3.79. The van der Waals surface area contributed by atoms with Gasteiger partial charge in [-0.25, -0.2) is 12.7 Å². The van der Waals surface area contributed by atoms with Crippen molar-refractivity contribution in [1.29, 1.82) is 0 Å². The van der Waals surface area contributed by atoms with Crippen molar-refractivity contribution in [2.75, 3.05) is 10.8 Å². The lowest BCUT2D eigenvalue weighted by Gasteiger charge is -2.15. The summed E-state index contributed by atoms with van der Waals surface area (Å²) in [5.74, 6) is 0.425. The third-order valence-electron chi connectivity index (χ3n) is 2.75. The van der Waals surface area contributed by atoms with E-state index < -0.39 is 10.0 Å². The largest absolute Gasteiger partial charge is 0.290 e. The molecule has 8 heteroatoms. The van der Waals surface area contributed by atoms with Crippen LogP contribution < -0.4 is 4.31 Å². The van der Waals surface area contributed by atoms with Crippen molar-refractivity contribution < 1.29 is 8.42 Å². The molecule has 18 heavy (non-hydrogen) atoms. The Bertz CT molecular complexity index is 733. The predicted octanol–water partition coefficient (Wildman–Crippen LogP) is 1.88. The van der Waals surface area contributed by atoms with Crippen LogP contribution in [-0.4, -0.2) is 23.9 Å². The van der Waals surface area contributed by atoms with E-state index in [0.29, 0.717) is 23.0 Å². The van der Waals surface area contributed by atoms with Gasteiger partial charge in [-0.05, 0) is 35.9 Å². The minimum Gasteiger partial charge on any atom is -0.290 e. The Balaban J connectivity index is 2.10. The number of sulfonamides is 1. The van der Waals surface area contributed by atoms with Gasteiger partial charge in [0.15, 0.2) is 3.95 Å². The van der Waals surface area contributed by atoms with Gasteiger partial charge in [-0.3, -0.25) is 4.57 Å². The number of anilines is 1. The van der Waals surface area contributed by atoms with E-state index in [1.807, 2.05) is 0 Å². The molecule has 1 aromatic heterocycles. The maximum absolute atomic E-state index is 12.4. The van der Waals surface area contributed by atoms with Gasteiger partial charge in [-0.1, -0.05) is 18.2 Å². The zero-order valence-corrected chi connectivity index (χ0v) is 11.6. The van der Waals surface area contributed by atoms with Gasteiger partial charge in [0.05, 0.1) is 11.4 Å². The van der Waals surface area contributed by atoms with Crippen molar-refractivity contribution in [1.82, 2.24) is 8.94 Å². The molecule has 0 atom stereocenters. The highest BCUT2D eigenvalue weighted by Gasteiger charge is 2.32. The van der Waals surface area contributed by atoms with Gasteiger partial charge < -0.3 is 0 Å². The Hall–Kier alpha value is -1.25. The third kappa shape index (κ3) is 1.68. The number of nitrogens with zero attached hydrogens (tertiary/aromatic N) is 3. The van der Waals surface area contributed by atoms with Crippen molar-refractivity contribution in [3.8, 4) is 0 Å². The SMILES string of the molecule is O=S(=O)(c1ccccc1)N1CCn2c1nsc2=S. The Kier molecular flexibility index (Phi) is 2.72. The van der Waals surface area contributed by atoms with Crippen LogP contribution in [0.4, 0.5) is 5.95 Å². The maximum Gasteiger partial charge on any atom is 0.266 e. The second kappa shape index (κ2) is 4.15. The zero-order valence-electron chi connectivity index (χ0n) is 9.18. The molecule has 1 aliphatic heterocycles. The molecule has 94 valence electrons. The first kappa shape index (κ1) is 11.8. The van der Waals surface area contributed by atoms with E-state index >= 15 is 0 Å². The monoisotopic (exact) mass is 299 g/mol. The summed E-state index contributed by atoms with van der Waals surface area (Å²) in [4.78, 5) is 0.275. The first-order chi connectivity index (χ1) is 8.60. The van der Waals surface area contributed by atoms with E-state index in [2.05, 4.69) is 4.37 Å². The molecule has 1 aromatic carbocycles. The van der Waals surface area contributed by atoms with E-state index in [9.17, 15) is 8.42 Å². The Morgan fingerprint density at radius 3 is 2.67 bits per heavy atom. The van der Waals surface area contributed by atoms with Crippen molar-refractivity contribution in [2.24, 2.45) is 0 Å². The van der Waals surface area contributed by atoms with E-state index in [1.165, 1.54) is 4.31 Å². The van der Waals surface area contributed by atoms with Crippen LogP contribution in [0.5, 0.6) is 0 Å². The molecule has 2 heterocycles. The number of fused-ring (bicyclic) bond motifs is 1. The molecule has 0 aliphatic carbocycles. The highest BCUT2D eigenvalue weighted by Crippen LogP contribution is 2.28. The summed E-state index contributed by atoms with van der Waals surface area (Å²) in [7, 11) is -3.53. The molecule has 0 spiro atoms. The van der Waals surface area contributed by atoms with Crippen molar-refractivity contribution in [3.63, 3.8) is 0 Å². The molecule has 3 rings (SSSR count). The second-order valence-corrected chi connectivity index (χ2v) is 7.05. The smallest absolute Gasteiger partial charge is 0.266 e. The van der Waals surface area contributed by atoms with Crippen LogP contribution >= 0.6 is 23.8 Å². The summed E-state index contributed by atoms with van der Waals surface area (Å²) in [6, 6.07) is 8.36. The van der Waals surface area contributed by atoms with Crippen LogP contribution in [0.2, 0.25) is 0 Å². The van der Waals surface area contributed by atoms with Gasteiger partial charge in [0.2, 0.25) is 5.95 Å². The Labute approximate surface area is 114 Å². The highest BCUT2D eigenvalue weighted by molar-refractivity contribution is 7.92. The molecule has 0 radical (unpaired) electrons. The molecule has 2 aromatic rings. The summed E-state index contributed by atoms with van der Waals surface area (Å²) in [5, 5.41) is 0.